The fourth-order valence-corrected chi connectivity index (χ4v) is 4.64. The Balaban J connectivity index is 1.33. The third kappa shape index (κ3) is 5.76. The summed E-state index contributed by atoms with van der Waals surface area (Å²) >= 11 is 6.22. The molecule has 5 rings (SSSR count). The Hall–Kier alpha value is -3.24. The van der Waals surface area contributed by atoms with Crippen molar-refractivity contribution in [3.63, 3.8) is 0 Å². The lowest BCUT2D eigenvalue weighted by atomic mass is 10.0. The second kappa shape index (κ2) is 11.7. The number of ether oxygens (including phenoxy) is 1. The Bertz CT molecular complexity index is 1290. The highest BCUT2D eigenvalue weighted by Gasteiger charge is 2.15. The van der Waals surface area contributed by atoms with Crippen molar-refractivity contribution in [3.05, 3.63) is 71.6 Å². The number of fused-ring (bicyclic) bond motifs is 1. The summed E-state index contributed by atoms with van der Waals surface area (Å²) < 4.78 is 7.44. The minimum atomic E-state index is 0.00473. The van der Waals surface area contributed by atoms with Crippen molar-refractivity contribution in [3.8, 4) is 11.4 Å². The van der Waals surface area contributed by atoms with E-state index in [2.05, 4.69) is 25.5 Å². The van der Waals surface area contributed by atoms with E-state index < -0.39 is 0 Å². The molecule has 10 heteroatoms. The zero-order valence-corrected chi connectivity index (χ0v) is 20.9. The van der Waals surface area contributed by atoms with Crippen LogP contribution in [0.25, 0.3) is 17.0 Å². The molecule has 4 aromatic rings. The van der Waals surface area contributed by atoms with E-state index in [9.17, 15) is 0 Å². The summed E-state index contributed by atoms with van der Waals surface area (Å²) in [5.74, 6) is 1.52. The molecule has 0 amide bonds. The molecular weight excluding hydrogens is 476 g/mol. The molecule has 1 aliphatic rings. The molecule has 0 aliphatic carbocycles. The number of imidazole rings is 1. The molecule has 1 aliphatic heterocycles. The number of aromatic nitrogens is 4. The number of hydrogen-bond donors (Lipinski definition) is 3. The van der Waals surface area contributed by atoms with Crippen LogP contribution in [0.1, 0.15) is 18.0 Å². The summed E-state index contributed by atoms with van der Waals surface area (Å²) in [4.78, 5) is 16.4. The first-order chi connectivity index (χ1) is 17.7. The maximum Gasteiger partial charge on any atom is 0.180 e. The van der Waals surface area contributed by atoms with Gasteiger partial charge in [-0.15, -0.1) is 0 Å². The van der Waals surface area contributed by atoms with Crippen LogP contribution in [0.2, 0.25) is 5.02 Å². The van der Waals surface area contributed by atoms with Crippen LogP contribution in [0.4, 0.5) is 11.6 Å². The summed E-state index contributed by atoms with van der Waals surface area (Å²) in [5, 5.41) is 7.67. The Kier molecular flexibility index (Phi) is 7.92. The van der Waals surface area contributed by atoms with E-state index in [1.165, 1.54) is 0 Å². The van der Waals surface area contributed by atoms with Crippen molar-refractivity contribution in [2.24, 2.45) is 5.73 Å². The fourth-order valence-electron chi connectivity index (χ4n) is 4.44. The molecule has 1 fully saturated rings. The predicted molar refractivity (Wildman–Crippen MR) is 143 cm³/mol. The van der Waals surface area contributed by atoms with Crippen LogP contribution in [-0.2, 0) is 4.74 Å². The summed E-state index contributed by atoms with van der Waals surface area (Å²) in [5.41, 5.74) is 9.45. The lowest BCUT2D eigenvalue weighted by Gasteiger charge is -2.26. The van der Waals surface area contributed by atoms with Crippen LogP contribution < -0.4 is 16.4 Å². The van der Waals surface area contributed by atoms with Gasteiger partial charge in [-0.05, 0) is 42.8 Å². The molecule has 1 saturated heterocycles. The Morgan fingerprint density at radius 3 is 2.81 bits per heavy atom. The molecular formula is C26H31ClN8O. The largest absolute Gasteiger partial charge is 0.379 e. The fraction of sp³-hybridized carbons (Fsp3) is 0.346. The highest BCUT2D eigenvalue weighted by Crippen LogP contribution is 2.27. The molecule has 4 heterocycles. The molecule has 188 valence electrons. The van der Waals surface area contributed by atoms with Crippen molar-refractivity contribution in [2.75, 3.05) is 56.6 Å². The number of benzene rings is 1. The molecule has 1 aromatic carbocycles. The average molecular weight is 507 g/mol. The molecule has 0 bridgehead atoms. The average Bonchev–Trinajstić information content (AvgIpc) is 3.34. The third-order valence-corrected chi connectivity index (χ3v) is 6.53. The predicted octanol–water partition coefficient (Wildman–Crippen LogP) is 3.69. The zero-order chi connectivity index (χ0) is 24.7. The van der Waals surface area contributed by atoms with E-state index in [0.29, 0.717) is 11.6 Å². The highest BCUT2D eigenvalue weighted by molar-refractivity contribution is 6.30. The van der Waals surface area contributed by atoms with Crippen molar-refractivity contribution >= 4 is 28.9 Å². The Morgan fingerprint density at radius 2 is 1.97 bits per heavy atom. The van der Waals surface area contributed by atoms with Crippen LogP contribution in [0.3, 0.4) is 0 Å². The summed E-state index contributed by atoms with van der Waals surface area (Å²) in [6.07, 6.45) is 6.29. The lowest BCUT2D eigenvalue weighted by molar-refractivity contribution is 0.0398. The number of anilines is 2. The molecule has 0 radical (unpaired) electrons. The van der Waals surface area contributed by atoms with E-state index >= 15 is 0 Å². The lowest BCUT2D eigenvalue weighted by Crippen LogP contribution is -2.39. The van der Waals surface area contributed by atoms with Gasteiger partial charge in [-0.25, -0.2) is 15.0 Å². The van der Waals surface area contributed by atoms with E-state index in [-0.39, 0.29) is 6.04 Å². The van der Waals surface area contributed by atoms with Gasteiger partial charge in [0.1, 0.15) is 5.82 Å². The van der Waals surface area contributed by atoms with Crippen LogP contribution in [-0.4, -0.2) is 70.2 Å². The molecule has 4 N–H and O–H groups in total. The number of morpholine rings is 1. The van der Waals surface area contributed by atoms with E-state index in [1.54, 1.807) is 6.20 Å². The molecule has 3 aromatic heterocycles. The van der Waals surface area contributed by atoms with Gasteiger partial charge in [0.15, 0.2) is 11.5 Å². The van der Waals surface area contributed by atoms with Crippen molar-refractivity contribution in [2.45, 2.75) is 12.5 Å². The van der Waals surface area contributed by atoms with Gasteiger partial charge in [-0.2, -0.15) is 0 Å². The summed E-state index contributed by atoms with van der Waals surface area (Å²) in [6.45, 7) is 5.79. The summed E-state index contributed by atoms with van der Waals surface area (Å²) in [7, 11) is 0. The first-order valence-electron chi connectivity index (χ1n) is 12.3. The third-order valence-electron chi connectivity index (χ3n) is 6.29. The molecule has 9 nitrogen and oxygen atoms in total. The smallest absolute Gasteiger partial charge is 0.180 e. The van der Waals surface area contributed by atoms with Gasteiger partial charge in [0.2, 0.25) is 0 Å². The van der Waals surface area contributed by atoms with Crippen molar-refractivity contribution < 1.29 is 4.74 Å². The minimum absolute atomic E-state index is 0.00473. The number of nitrogens with two attached hydrogens (primary N) is 1. The number of nitrogens with one attached hydrogen (secondary N) is 2. The van der Waals surface area contributed by atoms with Gasteiger partial charge >= 0.3 is 0 Å². The van der Waals surface area contributed by atoms with Gasteiger partial charge < -0.3 is 21.1 Å². The molecule has 0 saturated carbocycles. The monoisotopic (exact) mass is 506 g/mol. The van der Waals surface area contributed by atoms with Crippen LogP contribution >= 0.6 is 11.6 Å². The van der Waals surface area contributed by atoms with E-state index in [1.807, 2.05) is 59.3 Å². The summed E-state index contributed by atoms with van der Waals surface area (Å²) in [6, 6.07) is 13.8. The molecule has 36 heavy (non-hydrogen) atoms. The molecule has 0 spiro atoms. The zero-order valence-electron chi connectivity index (χ0n) is 20.1. The van der Waals surface area contributed by atoms with Crippen LogP contribution in [0.5, 0.6) is 0 Å². The van der Waals surface area contributed by atoms with Crippen LogP contribution in [0, 0.1) is 0 Å². The molecule has 1 unspecified atom stereocenters. The van der Waals surface area contributed by atoms with Gasteiger partial charge in [-0.3, -0.25) is 9.30 Å². The molecule has 1 atom stereocenters. The van der Waals surface area contributed by atoms with Gasteiger partial charge in [0, 0.05) is 43.6 Å². The first-order valence-corrected chi connectivity index (χ1v) is 12.6. The number of nitrogens with zero attached hydrogens (tertiary/aromatic N) is 5. The van der Waals surface area contributed by atoms with Crippen molar-refractivity contribution in [1.29, 1.82) is 0 Å². The number of pyridine rings is 1. The standard InChI is InChI=1S/C26H31ClN8O/c27-20-4-1-3-19(17-20)21(7-8-28)32-24-6-2-5-22(33-24)23-18-31-26-25(30-10-12-35(23)26)29-9-11-34-13-15-36-16-14-34/h1-6,10,12,17-18,21H,7-9,11,13-16,28H2,(H,29,30)(H,32,33). The number of rotatable bonds is 10. The number of hydrogen-bond acceptors (Lipinski definition) is 8. The van der Waals surface area contributed by atoms with Gasteiger partial charge in [-0.1, -0.05) is 29.8 Å². The second-order valence-electron chi connectivity index (χ2n) is 8.73. The first kappa shape index (κ1) is 24.5. The second-order valence-corrected chi connectivity index (χ2v) is 9.17. The van der Waals surface area contributed by atoms with E-state index in [0.717, 1.165) is 80.0 Å². The normalized spacial score (nSPS) is 15.2. The van der Waals surface area contributed by atoms with Crippen molar-refractivity contribution in [1.82, 2.24) is 24.3 Å². The van der Waals surface area contributed by atoms with E-state index in [4.69, 9.17) is 27.1 Å². The quantitative estimate of drug-likeness (QED) is 0.299. The van der Waals surface area contributed by atoms with Crippen LogP contribution in [0.15, 0.2) is 61.1 Å². The maximum atomic E-state index is 6.22. The topological polar surface area (TPSA) is 106 Å². The number of halogens is 1. The van der Waals surface area contributed by atoms with Gasteiger partial charge in [0.05, 0.1) is 36.8 Å². The maximum absolute atomic E-state index is 6.22. The highest BCUT2D eigenvalue weighted by atomic mass is 35.5. The van der Waals surface area contributed by atoms with Gasteiger partial charge in [0.25, 0.3) is 0 Å². The Labute approximate surface area is 215 Å². The minimum Gasteiger partial charge on any atom is -0.379 e. The SMILES string of the molecule is NCCC(Nc1cccc(-c2cnc3c(NCCN4CCOCC4)nccn23)n1)c1cccc(Cl)c1. The Morgan fingerprint density at radius 1 is 1.11 bits per heavy atom.